The summed E-state index contributed by atoms with van der Waals surface area (Å²) in [4.78, 5) is 0. The Labute approximate surface area is 46.1 Å². The maximum absolute atomic E-state index is 6.97. The normalized spacial score (nSPS) is 2.40. The van der Waals surface area contributed by atoms with Crippen LogP contribution < -0.4 is 0 Å². The van der Waals surface area contributed by atoms with Gasteiger partial charge in [-0.05, 0) is 0 Å². The molecule has 1 N–H and O–H groups in total. The number of hydrogen-bond acceptors (Lipinski definition) is 2. The monoisotopic (exact) mass is 243 g/mol. The van der Waals surface area contributed by atoms with Crippen molar-refractivity contribution in [1.29, 1.82) is 0 Å². The molecule has 0 aliphatic heterocycles. The minimum Gasteiger partial charge on any atom is -0.448 e. The van der Waals surface area contributed by atoms with Crippen LogP contribution in [0.1, 0.15) is 0 Å². The smallest absolute Gasteiger partial charge is 0.448 e. The summed E-state index contributed by atoms with van der Waals surface area (Å²) in [5, 5.41) is 8.97. The van der Waals surface area contributed by atoms with Crippen molar-refractivity contribution < 1.29 is 26.3 Å². The zero-order valence-corrected chi connectivity index (χ0v) is 5.81. The largest absolute Gasteiger partial charge is 2.00 e. The molecule has 0 atom stereocenters. The van der Waals surface area contributed by atoms with E-state index < -0.39 is 0 Å². The van der Waals surface area contributed by atoms with Crippen molar-refractivity contribution in [1.82, 2.24) is 0 Å². The van der Waals surface area contributed by atoms with E-state index in [1.165, 1.54) is 0 Å². The Morgan fingerprint density at radius 3 is 1.60 bits per heavy atom. The van der Waals surface area contributed by atoms with Gasteiger partial charge in [-0.25, -0.2) is 0 Å². The second kappa shape index (κ2) is 30.9. The van der Waals surface area contributed by atoms with Gasteiger partial charge in [-0.3, -0.25) is 0 Å². The fraction of sp³-hybridized carbons (Fsp3) is 0. The molecular formula is C2H5NOW. The Bertz CT molecular complexity index is 17.1. The molecule has 3 heteroatoms. The Morgan fingerprint density at radius 2 is 1.60 bits per heavy atom. The first kappa shape index (κ1) is 19.1. The van der Waals surface area contributed by atoms with Crippen LogP contribution in [0.5, 0.6) is 0 Å². The quantitative estimate of drug-likeness (QED) is 0.284. The molecule has 0 bridgehead atoms. The van der Waals surface area contributed by atoms with Gasteiger partial charge in [0.1, 0.15) is 0 Å². The van der Waals surface area contributed by atoms with Crippen LogP contribution in [0.25, 0.3) is 0 Å². The molecule has 5 heavy (non-hydrogen) atoms. The zero-order chi connectivity index (χ0) is 2.71. The van der Waals surface area contributed by atoms with E-state index in [9.17, 15) is 0 Å². The van der Waals surface area contributed by atoms with Crippen LogP contribution in [0, 0.1) is 7.43 Å². The minimum absolute atomic E-state index is 0. The van der Waals surface area contributed by atoms with Crippen molar-refractivity contribution in [3.8, 4) is 0 Å². The molecule has 0 saturated carbocycles. The average Bonchev–Trinajstić information content (AvgIpc) is 0.918. The summed E-state index contributed by atoms with van der Waals surface area (Å²) in [5.74, 6) is 0. The Kier molecular flexibility index (Phi) is 118. The van der Waals surface area contributed by atoms with Crippen molar-refractivity contribution >= 4 is 6.72 Å². The van der Waals surface area contributed by atoms with Gasteiger partial charge in [0, 0.05) is 0 Å². The molecule has 0 unspecified atom stereocenters. The van der Waals surface area contributed by atoms with E-state index in [0.717, 1.165) is 0 Å². The Morgan fingerprint density at radius 1 is 1.60 bits per heavy atom. The van der Waals surface area contributed by atoms with Crippen LogP contribution in [-0.2, 0) is 21.1 Å². The summed E-state index contributed by atoms with van der Waals surface area (Å²) < 4.78 is 0. The first-order valence-electron chi connectivity index (χ1n) is 0.458. The molecular weight excluding hydrogens is 238 g/mol. The van der Waals surface area contributed by atoms with E-state index in [4.69, 9.17) is 5.21 Å². The molecule has 0 fully saturated rings. The number of rotatable bonds is 0. The maximum atomic E-state index is 6.97. The third-order valence-electron chi connectivity index (χ3n) is 0. The van der Waals surface area contributed by atoms with E-state index in [2.05, 4.69) is 6.72 Å². The molecule has 2 nitrogen and oxygen atoms in total. The van der Waals surface area contributed by atoms with Gasteiger partial charge in [-0.2, -0.15) is 0 Å². The fourth-order valence-electron chi connectivity index (χ4n) is 0. The van der Waals surface area contributed by atoms with E-state index >= 15 is 0 Å². The molecule has 0 aromatic rings. The van der Waals surface area contributed by atoms with Crippen molar-refractivity contribution in [3.05, 3.63) is 7.43 Å². The second-order valence-corrected chi connectivity index (χ2v) is 0.115. The Balaban J connectivity index is -0.0000000200. The molecule has 0 saturated heterocycles. The summed E-state index contributed by atoms with van der Waals surface area (Å²) in [6.07, 6.45) is 0. The first-order valence-corrected chi connectivity index (χ1v) is 0.458. The molecule has 0 aromatic heterocycles. The van der Waals surface area contributed by atoms with E-state index in [1.807, 2.05) is 5.16 Å². The van der Waals surface area contributed by atoms with Crippen LogP contribution in [0.2, 0.25) is 0 Å². The molecule has 0 aliphatic rings. The third-order valence-corrected chi connectivity index (χ3v) is 0. The molecule has 0 aromatic carbocycles. The van der Waals surface area contributed by atoms with Crippen molar-refractivity contribution in [3.63, 3.8) is 0 Å². The SMILES string of the molecule is [CH-]=NO.[CH3-].[W+2]. The van der Waals surface area contributed by atoms with Crippen LogP contribution in [0.4, 0.5) is 0 Å². The third kappa shape index (κ3) is 773. The van der Waals surface area contributed by atoms with Gasteiger partial charge in [0.2, 0.25) is 0 Å². The number of nitrogens with zero attached hydrogens (tertiary/aromatic N) is 1. The minimum atomic E-state index is 0. The molecule has 0 rings (SSSR count). The summed E-state index contributed by atoms with van der Waals surface area (Å²) in [6.45, 7) is 4.03. The predicted molar refractivity (Wildman–Crippen MR) is 16.7 cm³/mol. The zero-order valence-electron chi connectivity index (χ0n) is 2.88. The maximum Gasteiger partial charge on any atom is 2.00 e. The summed E-state index contributed by atoms with van der Waals surface area (Å²) in [7, 11) is 0. The Hall–Kier alpha value is 0.158. The molecule has 0 aliphatic carbocycles. The molecule has 0 radical (unpaired) electrons. The van der Waals surface area contributed by atoms with Crippen molar-refractivity contribution in [2.45, 2.75) is 0 Å². The molecule has 30 valence electrons. The summed E-state index contributed by atoms with van der Waals surface area (Å²) >= 11 is 0. The van der Waals surface area contributed by atoms with Crippen LogP contribution in [0.3, 0.4) is 0 Å². The van der Waals surface area contributed by atoms with Crippen LogP contribution in [-0.4, -0.2) is 11.9 Å². The van der Waals surface area contributed by atoms with Gasteiger partial charge in [0.15, 0.2) is 0 Å². The van der Waals surface area contributed by atoms with Crippen molar-refractivity contribution in [2.24, 2.45) is 5.16 Å². The topological polar surface area (TPSA) is 32.6 Å². The second-order valence-electron chi connectivity index (χ2n) is 0.115. The predicted octanol–water partition coefficient (Wildman–Crippen LogP) is 0.401. The molecule has 0 amide bonds. The standard InChI is InChI=1S/CH2NO.CH3.W/c1-2-3;;/h1,3H;1H3;/q2*-1;+2. The van der Waals surface area contributed by atoms with Crippen molar-refractivity contribution in [2.75, 3.05) is 0 Å². The van der Waals surface area contributed by atoms with Gasteiger partial charge < -0.3 is 24.5 Å². The van der Waals surface area contributed by atoms with Gasteiger partial charge in [0.25, 0.3) is 0 Å². The average molecular weight is 243 g/mol. The molecule has 0 heterocycles. The number of hydrogen-bond donors (Lipinski definition) is 1. The summed E-state index contributed by atoms with van der Waals surface area (Å²) in [5.41, 5.74) is 0. The fourth-order valence-corrected chi connectivity index (χ4v) is 0. The first-order chi connectivity index (χ1) is 1.41. The van der Waals surface area contributed by atoms with E-state index in [0.29, 0.717) is 0 Å². The van der Waals surface area contributed by atoms with E-state index in [-0.39, 0.29) is 28.5 Å². The van der Waals surface area contributed by atoms with E-state index in [1.54, 1.807) is 0 Å². The van der Waals surface area contributed by atoms with Gasteiger partial charge in [-0.15, -0.1) is 0 Å². The van der Waals surface area contributed by atoms with Gasteiger partial charge in [-0.1, -0.05) is 0 Å². The van der Waals surface area contributed by atoms with Gasteiger partial charge in [0.05, 0.1) is 0 Å². The van der Waals surface area contributed by atoms with Crippen LogP contribution >= 0.6 is 0 Å². The van der Waals surface area contributed by atoms with Gasteiger partial charge >= 0.3 is 21.1 Å². The molecule has 0 spiro atoms. The summed E-state index contributed by atoms with van der Waals surface area (Å²) in [6, 6.07) is 0. The van der Waals surface area contributed by atoms with Crippen LogP contribution in [0.15, 0.2) is 5.16 Å².